The van der Waals surface area contributed by atoms with Crippen LogP contribution in [0.3, 0.4) is 0 Å². The van der Waals surface area contributed by atoms with Gasteiger partial charge in [-0.25, -0.2) is 9.78 Å². The minimum absolute atomic E-state index is 0.0143. The maximum Gasteiger partial charge on any atom is 0.340 e. The first-order chi connectivity index (χ1) is 14.5. The smallest absolute Gasteiger partial charge is 0.340 e. The fraction of sp³-hybridized carbons (Fsp3) is 0.391. The highest BCUT2D eigenvalue weighted by molar-refractivity contribution is 8.00. The summed E-state index contributed by atoms with van der Waals surface area (Å²) in [5, 5.41) is 9.93. The van der Waals surface area contributed by atoms with Crippen molar-refractivity contribution in [2.75, 3.05) is 19.4 Å². The van der Waals surface area contributed by atoms with E-state index in [2.05, 4.69) is 23.2 Å². The lowest BCUT2D eigenvalue weighted by Crippen LogP contribution is -2.34. The van der Waals surface area contributed by atoms with Crippen molar-refractivity contribution in [3.8, 4) is 6.07 Å². The monoisotopic (exact) mass is 423 g/mol. The molecule has 30 heavy (non-hydrogen) atoms. The number of aromatic nitrogens is 1. The van der Waals surface area contributed by atoms with Crippen molar-refractivity contribution in [1.29, 1.82) is 5.26 Å². The summed E-state index contributed by atoms with van der Waals surface area (Å²) >= 11 is 1.22. The molecule has 1 atom stereocenters. The molecule has 0 fully saturated rings. The Labute approximate surface area is 181 Å². The number of carbonyl (C=O) groups is 2. The van der Waals surface area contributed by atoms with Crippen LogP contribution in [-0.4, -0.2) is 41.2 Å². The molecule has 0 aliphatic heterocycles. The van der Waals surface area contributed by atoms with Crippen LogP contribution in [0.25, 0.3) is 0 Å². The number of hydrogen-bond donors (Lipinski definition) is 0. The number of aryl methyl sites for hydroxylation is 2. The van der Waals surface area contributed by atoms with Gasteiger partial charge in [-0.3, -0.25) is 4.79 Å². The molecule has 6 nitrogen and oxygen atoms in total. The Kier molecular flexibility index (Phi) is 7.11. The normalized spacial score (nSPS) is 15.1. The van der Waals surface area contributed by atoms with E-state index >= 15 is 0 Å². The van der Waals surface area contributed by atoms with Gasteiger partial charge in [-0.05, 0) is 50.3 Å². The van der Waals surface area contributed by atoms with E-state index in [1.165, 1.54) is 29.0 Å². The summed E-state index contributed by atoms with van der Waals surface area (Å²) in [5.74, 6) is -0.337. The first-order valence-corrected chi connectivity index (χ1v) is 11.0. The van der Waals surface area contributed by atoms with E-state index < -0.39 is 5.97 Å². The number of amides is 1. The molecule has 0 saturated heterocycles. The van der Waals surface area contributed by atoms with Gasteiger partial charge in [-0.2, -0.15) is 5.26 Å². The van der Waals surface area contributed by atoms with Gasteiger partial charge in [0, 0.05) is 7.05 Å². The second kappa shape index (κ2) is 9.77. The number of nitrogens with zero attached hydrogens (tertiary/aromatic N) is 3. The van der Waals surface area contributed by atoms with Gasteiger partial charge in [-0.1, -0.05) is 36.0 Å². The van der Waals surface area contributed by atoms with Gasteiger partial charge in [0.2, 0.25) is 5.91 Å². The predicted molar refractivity (Wildman–Crippen MR) is 115 cm³/mol. The van der Waals surface area contributed by atoms with Crippen LogP contribution in [0.4, 0.5) is 0 Å². The van der Waals surface area contributed by atoms with Crippen LogP contribution in [0.15, 0.2) is 35.4 Å². The minimum Gasteiger partial charge on any atom is -0.462 e. The van der Waals surface area contributed by atoms with Gasteiger partial charge >= 0.3 is 5.97 Å². The maximum atomic E-state index is 12.9. The van der Waals surface area contributed by atoms with Crippen LogP contribution >= 0.6 is 11.8 Å². The Morgan fingerprint density at radius 1 is 1.37 bits per heavy atom. The van der Waals surface area contributed by atoms with Crippen LogP contribution < -0.4 is 0 Å². The van der Waals surface area contributed by atoms with E-state index in [1.54, 1.807) is 18.7 Å². The third kappa shape index (κ3) is 4.65. The first-order valence-electron chi connectivity index (χ1n) is 10.0. The summed E-state index contributed by atoms with van der Waals surface area (Å²) in [4.78, 5) is 31.1. The molecule has 7 heteroatoms. The maximum absolute atomic E-state index is 12.9. The van der Waals surface area contributed by atoms with Crippen molar-refractivity contribution in [3.63, 3.8) is 0 Å². The molecule has 0 unspecified atom stereocenters. The van der Waals surface area contributed by atoms with Gasteiger partial charge < -0.3 is 9.64 Å². The van der Waals surface area contributed by atoms with Gasteiger partial charge in [0.1, 0.15) is 11.1 Å². The van der Waals surface area contributed by atoms with Crippen molar-refractivity contribution in [1.82, 2.24) is 9.88 Å². The zero-order chi connectivity index (χ0) is 21.7. The van der Waals surface area contributed by atoms with E-state index in [-0.39, 0.29) is 35.4 Å². The van der Waals surface area contributed by atoms with E-state index in [0.717, 1.165) is 19.3 Å². The van der Waals surface area contributed by atoms with Crippen LogP contribution in [0, 0.1) is 18.3 Å². The lowest BCUT2D eigenvalue weighted by atomic mass is 9.87. The molecule has 0 bridgehead atoms. The van der Waals surface area contributed by atoms with Crippen LogP contribution in [0.1, 0.15) is 58.5 Å². The molecule has 0 spiro atoms. The largest absolute Gasteiger partial charge is 0.462 e. The van der Waals surface area contributed by atoms with Crippen molar-refractivity contribution < 1.29 is 14.3 Å². The van der Waals surface area contributed by atoms with E-state index in [9.17, 15) is 14.9 Å². The van der Waals surface area contributed by atoms with Gasteiger partial charge in [0.25, 0.3) is 0 Å². The average molecular weight is 424 g/mol. The lowest BCUT2D eigenvalue weighted by molar-refractivity contribution is -0.129. The summed E-state index contributed by atoms with van der Waals surface area (Å²) < 4.78 is 5.02. The summed E-state index contributed by atoms with van der Waals surface area (Å²) in [6, 6.07) is 11.9. The number of pyridine rings is 1. The molecule has 2 aromatic rings. The van der Waals surface area contributed by atoms with Gasteiger partial charge in [0.15, 0.2) is 0 Å². The number of ether oxygens (including phenoxy) is 1. The Balaban J connectivity index is 1.73. The van der Waals surface area contributed by atoms with Crippen LogP contribution in [-0.2, 0) is 16.0 Å². The van der Waals surface area contributed by atoms with Crippen molar-refractivity contribution in [2.45, 2.75) is 44.2 Å². The highest BCUT2D eigenvalue weighted by Crippen LogP contribution is 2.34. The molecule has 1 aliphatic rings. The van der Waals surface area contributed by atoms with Gasteiger partial charge in [-0.15, -0.1) is 0 Å². The molecule has 0 radical (unpaired) electrons. The number of esters is 1. The molecule has 0 N–H and O–H groups in total. The quantitative estimate of drug-likeness (QED) is 0.515. The number of carbonyl (C=O) groups excluding carboxylic acids is 2. The molecule has 1 heterocycles. The molecule has 3 rings (SSSR count). The average Bonchev–Trinajstić information content (AvgIpc) is 2.76. The molecule has 156 valence electrons. The summed E-state index contributed by atoms with van der Waals surface area (Å²) in [6.45, 7) is 3.68. The van der Waals surface area contributed by atoms with Crippen LogP contribution in [0.2, 0.25) is 0 Å². The Morgan fingerprint density at radius 3 is 2.87 bits per heavy atom. The predicted octanol–water partition coefficient (Wildman–Crippen LogP) is 4.07. The van der Waals surface area contributed by atoms with E-state index in [0.29, 0.717) is 10.7 Å². The molecule has 1 aromatic carbocycles. The summed E-state index contributed by atoms with van der Waals surface area (Å²) in [7, 11) is 1.84. The van der Waals surface area contributed by atoms with E-state index in [4.69, 9.17) is 4.74 Å². The van der Waals surface area contributed by atoms with Crippen molar-refractivity contribution in [3.05, 3.63) is 58.3 Å². The zero-order valence-electron chi connectivity index (χ0n) is 17.5. The third-order valence-electron chi connectivity index (χ3n) is 5.32. The number of thioether (sulfide) groups is 1. The topological polar surface area (TPSA) is 83.3 Å². The second-order valence-electron chi connectivity index (χ2n) is 7.21. The highest BCUT2D eigenvalue weighted by Gasteiger charge is 2.27. The number of rotatable bonds is 6. The molecular weight excluding hydrogens is 398 g/mol. The second-order valence-corrected chi connectivity index (χ2v) is 8.17. The Bertz CT molecular complexity index is 1000. The Morgan fingerprint density at radius 2 is 2.13 bits per heavy atom. The minimum atomic E-state index is -0.498. The SMILES string of the molecule is CCOC(=O)c1cc(C#N)c(SCC(=O)N(C)[C@H]2CCCc3ccccc32)nc1C. The zero-order valence-corrected chi connectivity index (χ0v) is 18.3. The standard InChI is InChI=1S/C23H25N3O3S/c1-4-29-23(28)19-12-17(13-24)22(25-15(19)2)30-14-21(27)26(3)20-11-7-9-16-8-5-6-10-18(16)20/h5-6,8,10,12,20H,4,7,9,11,14H2,1-3H3/t20-/m0/s1. The fourth-order valence-electron chi connectivity index (χ4n) is 3.73. The number of nitriles is 1. The lowest BCUT2D eigenvalue weighted by Gasteiger charge is -2.33. The number of benzene rings is 1. The van der Waals surface area contributed by atoms with E-state index in [1.807, 2.05) is 19.2 Å². The fourth-order valence-corrected chi connectivity index (χ4v) is 4.65. The summed E-state index contributed by atoms with van der Waals surface area (Å²) in [5.41, 5.74) is 3.55. The third-order valence-corrected chi connectivity index (χ3v) is 6.30. The number of fused-ring (bicyclic) bond motifs is 1. The molecule has 0 saturated carbocycles. The van der Waals surface area contributed by atoms with Crippen LogP contribution in [0.5, 0.6) is 0 Å². The summed E-state index contributed by atoms with van der Waals surface area (Å²) in [6.07, 6.45) is 3.05. The first kappa shape index (κ1) is 21.8. The van der Waals surface area contributed by atoms with Crippen molar-refractivity contribution >= 4 is 23.6 Å². The molecule has 1 amide bonds. The van der Waals surface area contributed by atoms with Crippen molar-refractivity contribution in [2.24, 2.45) is 0 Å². The number of hydrogen-bond acceptors (Lipinski definition) is 6. The molecule has 1 aromatic heterocycles. The highest BCUT2D eigenvalue weighted by atomic mass is 32.2. The Hall–Kier alpha value is -2.85. The molecule has 1 aliphatic carbocycles. The molecular formula is C23H25N3O3S. The van der Waals surface area contributed by atoms with Gasteiger partial charge in [0.05, 0.1) is 35.2 Å².